The lowest BCUT2D eigenvalue weighted by Gasteiger charge is -2.35. The fourth-order valence-electron chi connectivity index (χ4n) is 3.33. The molecule has 1 aromatic heterocycles. The van der Waals surface area contributed by atoms with E-state index < -0.39 is 0 Å². The molecule has 1 fully saturated rings. The predicted octanol–water partition coefficient (Wildman–Crippen LogP) is 2.12. The number of likely N-dealkylation sites (N-methyl/N-ethyl adjacent to an activating group) is 1. The van der Waals surface area contributed by atoms with E-state index in [9.17, 15) is 4.79 Å². The number of nitrogens with one attached hydrogen (secondary N) is 1. The van der Waals surface area contributed by atoms with Gasteiger partial charge in [0.15, 0.2) is 0 Å². The largest absolute Gasteiger partial charge is 0.338 e. The zero-order valence-electron chi connectivity index (χ0n) is 11.4. The zero-order chi connectivity index (χ0) is 13.2. The van der Waals surface area contributed by atoms with Crippen molar-refractivity contribution in [1.29, 1.82) is 0 Å². The number of hydrogen-bond acceptors (Lipinski definition) is 4. The van der Waals surface area contributed by atoms with Crippen molar-refractivity contribution in [2.45, 2.75) is 50.6 Å². The van der Waals surface area contributed by atoms with Crippen LogP contribution < -0.4 is 5.32 Å². The second-order valence-electron chi connectivity index (χ2n) is 5.46. The number of amides is 1. The maximum Gasteiger partial charge on any atom is 0.245 e. The molecule has 0 bridgehead atoms. The van der Waals surface area contributed by atoms with E-state index in [0.717, 1.165) is 23.5 Å². The van der Waals surface area contributed by atoms with Crippen LogP contribution in [0.15, 0.2) is 5.51 Å². The molecule has 1 amide bonds. The molecule has 1 aliphatic carbocycles. The Kier molecular flexibility index (Phi) is 3.84. The van der Waals surface area contributed by atoms with Gasteiger partial charge in [0.05, 0.1) is 16.1 Å². The van der Waals surface area contributed by atoms with E-state index in [2.05, 4.69) is 15.2 Å². The van der Waals surface area contributed by atoms with Crippen LogP contribution in [0.2, 0.25) is 0 Å². The molecule has 0 saturated heterocycles. The summed E-state index contributed by atoms with van der Waals surface area (Å²) in [6, 6.07) is 0.262. The van der Waals surface area contributed by atoms with E-state index in [1.807, 2.05) is 12.6 Å². The van der Waals surface area contributed by atoms with Crippen molar-refractivity contribution in [3.8, 4) is 0 Å². The highest BCUT2D eigenvalue weighted by Crippen LogP contribution is 2.31. The van der Waals surface area contributed by atoms with Crippen molar-refractivity contribution in [3.05, 3.63) is 16.1 Å². The average molecular weight is 279 g/mol. The molecule has 1 aromatic rings. The summed E-state index contributed by atoms with van der Waals surface area (Å²) in [6.07, 6.45) is 7.09. The molecular formula is C14H21N3OS. The van der Waals surface area contributed by atoms with E-state index in [1.54, 1.807) is 11.3 Å². The van der Waals surface area contributed by atoms with Crippen molar-refractivity contribution in [2.24, 2.45) is 0 Å². The number of carbonyl (C=O) groups excluding carboxylic acids is 1. The number of hydrogen-bond donors (Lipinski definition) is 1. The second-order valence-corrected chi connectivity index (χ2v) is 6.34. The van der Waals surface area contributed by atoms with E-state index in [0.29, 0.717) is 6.04 Å². The lowest BCUT2D eigenvalue weighted by atomic mass is 9.94. The van der Waals surface area contributed by atoms with Gasteiger partial charge in [0.25, 0.3) is 0 Å². The van der Waals surface area contributed by atoms with Gasteiger partial charge in [-0.1, -0.05) is 19.3 Å². The van der Waals surface area contributed by atoms with Gasteiger partial charge < -0.3 is 10.2 Å². The standard InChI is InChI=1S/C14H21N3OS/c1-15-12-13-11(16-9-19-13)7-8-17(14(12)18)10-5-3-2-4-6-10/h9-10,12,15H,2-8H2,1H3. The quantitative estimate of drug-likeness (QED) is 0.902. The van der Waals surface area contributed by atoms with Crippen LogP contribution in [0, 0.1) is 0 Å². The Bertz CT molecular complexity index is 453. The van der Waals surface area contributed by atoms with E-state index >= 15 is 0 Å². The number of fused-ring (bicyclic) bond motifs is 1. The summed E-state index contributed by atoms with van der Waals surface area (Å²) in [5.41, 5.74) is 2.97. The normalized spacial score (nSPS) is 25.2. The summed E-state index contributed by atoms with van der Waals surface area (Å²) in [5.74, 6) is 0.248. The highest BCUT2D eigenvalue weighted by Gasteiger charge is 2.35. The molecule has 104 valence electrons. The van der Waals surface area contributed by atoms with Gasteiger partial charge in [0.1, 0.15) is 6.04 Å². The van der Waals surface area contributed by atoms with Gasteiger partial charge in [-0.25, -0.2) is 4.98 Å². The summed E-state index contributed by atoms with van der Waals surface area (Å²) in [6.45, 7) is 0.832. The average Bonchev–Trinajstić information content (AvgIpc) is 2.85. The molecule has 0 spiro atoms. The molecular weight excluding hydrogens is 258 g/mol. The molecule has 1 aliphatic heterocycles. The molecule has 1 unspecified atom stereocenters. The maximum absolute atomic E-state index is 12.8. The molecule has 1 N–H and O–H groups in total. The summed E-state index contributed by atoms with van der Waals surface area (Å²) in [7, 11) is 1.87. The van der Waals surface area contributed by atoms with Crippen LogP contribution >= 0.6 is 11.3 Å². The van der Waals surface area contributed by atoms with Crippen molar-refractivity contribution in [3.63, 3.8) is 0 Å². The van der Waals surface area contributed by atoms with Gasteiger partial charge in [0, 0.05) is 19.0 Å². The molecule has 19 heavy (non-hydrogen) atoms. The summed E-state index contributed by atoms with van der Waals surface area (Å²) < 4.78 is 0. The molecule has 2 heterocycles. The van der Waals surface area contributed by atoms with E-state index in [1.165, 1.54) is 32.1 Å². The van der Waals surface area contributed by atoms with Crippen LogP contribution in [0.25, 0.3) is 0 Å². The number of aromatic nitrogens is 1. The third kappa shape index (κ3) is 2.41. The third-order valence-corrected chi connectivity index (χ3v) is 5.29. The second kappa shape index (κ2) is 5.59. The predicted molar refractivity (Wildman–Crippen MR) is 76.2 cm³/mol. The van der Waals surface area contributed by atoms with Gasteiger partial charge in [0.2, 0.25) is 5.91 Å². The smallest absolute Gasteiger partial charge is 0.245 e. The van der Waals surface area contributed by atoms with Crippen LogP contribution in [-0.4, -0.2) is 35.4 Å². The first-order valence-corrected chi connectivity index (χ1v) is 8.09. The summed E-state index contributed by atoms with van der Waals surface area (Å²) in [5, 5.41) is 3.18. The van der Waals surface area contributed by atoms with Gasteiger partial charge in [-0.3, -0.25) is 4.79 Å². The van der Waals surface area contributed by atoms with Gasteiger partial charge >= 0.3 is 0 Å². The monoisotopic (exact) mass is 279 g/mol. The SMILES string of the molecule is CNC1C(=O)N(C2CCCCC2)CCc2ncsc21. The Morgan fingerprint density at radius 1 is 1.37 bits per heavy atom. The van der Waals surface area contributed by atoms with Gasteiger partial charge in [-0.15, -0.1) is 11.3 Å². The summed E-state index contributed by atoms with van der Waals surface area (Å²) >= 11 is 1.60. The highest BCUT2D eigenvalue weighted by molar-refractivity contribution is 7.10. The topological polar surface area (TPSA) is 45.2 Å². The highest BCUT2D eigenvalue weighted by atomic mass is 32.1. The van der Waals surface area contributed by atoms with Crippen LogP contribution in [0.3, 0.4) is 0 Å². The van der Waals surface area contributed by atoms with Crippen molar-refractivity contribution in [1.82, 2.24) is 15.2 Å². The zero-order valence-corrected chi connectivity index (χ0v) is 12.2. The molecule has 4 nitrogen and oxygen atoms in total. The van der Waals surface area contributed by atoms with Crippen molar-refractivity contribution < 1.29 is 4.79 Å². The third-order valence-electron chi connectivity index (χ3n) is 4.36. The van der Waals surface area contributed by atoms with E-state index in [-0.39, 0.29) is 11.9 Å². The van der Waals surface area contributed by atoms with Crippen LogP contribution in [-0.2, 0) is 11.2 Å². The van der Waals surface area contributed by atoms with Crippen LogP contribution in [0.5, 0.6) is 0 Å². The Morgan fingerprint density at radius 2 is 2.16 bits per heavy atom. The lowest BCUT2D eigenvalue weighted by molar-refractivity contribution is -0.136. The molecule has 0 aromatic carbocycles. The van der Waals surface area contributed by atoms with Crippen molar-refractivity contribution in [2.75, 3.05) is 13.6 Å². The first-order chi connectivity index (χ1) is 9.31. The minimum absolute atomic E-state index is 0.188. The number of rotatable bonds is 2. The van der Waals surface area contributed by atoms with Gasteiger partial charge in [-0.05, 0) is 19.9 Å². The molecule has 1 atom stereocenters. The number of carbonyl (C=O) groups is 1. The lowest BCUT2D eigenvalue weighted by Crippen LogP contribution is -2.45. The fraction of sp³-hybridized carbons (Fsp3) is 0.714. The maximum atomic E-state index is 12.8. The van der Waals surface area contributed by atoms with Gasteiger partial charge in [-0.2, -0.15) is 0 Å². The van der Waals surface area contributed by atoms with E-state index in [4.69, 9.17) is 0 Å². The Labute approximate surface area is 118 Å². The van der Waals surface area contributed by atoms with Crippen LogP contribution in [0.4, 0.5) is 0 Å². The molecule has 0 radical (unpaired) electrons. The first-order valence-electron chi connectivity index (χ1n) is 7.21. The molecule has 2 aliphatic rings. The Balaban J connectivity index is 1.85. The first kappa shape index (κ1) is 13.1. The Morgan fingerprint density at radius 3 is 2.89 bits per heavy atom. The van der Waals surface area contributed by atoms with Crippen LogP contribution in [0.1, 0.15) is 48.7 Å². The number of thiazole rings is 1. The minimum Gasteiger partial charge on any atom is -0.338 e. The molecule has 1 saturated carbocycles. The molecule has 5 heteroatoms. The van der Waals surface area contributed by atoms with Crippen molar-refractivity contribution >= 4 is 17.2 Å². The molecule has 3 rings (SSSR count). The minimum atomic E-state index is -0.188. The fourth-order valence-corrected chi connectivity index (χ4v) is 4.26. The number of nitrogens with zero attached hydrogens (tertiary/aromatic N) is 2. The Hall–Kier alpha value is -0.940. The summed E-state index contributed by atoms with van der Waals surface area (Å²) in [4.78, 5) is 20.4.